The maximum Gasteiger partial charge on any atom is 0.372 e. The average Bonchev–Trinajstić information content (AvgIpc) is 3.03. The summed E-state index contributed by atoms with van der Waals surface area (Å²) in [4.78, 5) is 11.0. The number of hydrogen-bond acceptors (Lipinski definition) is 3. The summed E-state index contributed by atoms with van der Waals surface area (Å²) in [6.45, 7) is 2.13. The van der Waals surface area contributed by atoms with Crippen LogP contribution in [0, 0.1) is 18.3 Å². The van der Waals surface area contributed by atoms with Gasteiger partial charge >= 0.3 is 5.97 Å². The molecule has 0 amide bonds. The molecule has 1 aromatic carbocycles. The van der Waals surface area contributed by atoms with Gasteiger partial charge in [0.1, 0.15) is 5.76 Å². The van der Waals surface area contributed by atoms with Gasteiger partial charge in [-0.05, 0) is 36.6 Å². The van der Waals surface area contributed by atoms with Crippen LogP contribution < -0.4 is 0 Å². The van der Waals surface area contributed by atoms with Gasteiger partial charge in [0.05, 0.1) is 18.2 Å². The monoisotopic (exact) mass is 280 g/mol. The Labute approximate surface area is 120 Å². The molecule has 2 aromatic heterocycles. The highest BCUT2D eigenvalue weighted by atomic mass is 16.4. The number of aromatic carboxylic acids is 1. The Morgan fingerprint density at radius 3 is 2.86 bits per heavy atom. The van der Waals surface area contributed by atoms with Crippen LogP contribution in [-0.4, -0.2) is 15.6 Å². The van der Waals surface area contributed by atoms with E-state index in [0.717, 1.165) is 10.9 Å². The van der Waals surface area contributed by atoms with Crippen LogP contribution in [0.4, 0.5) is 0 Å². The molecular formula is C16H12N2O3. The number of nitrogens with zero attached hydrogens (tertiary/aromatic N) is 2. The minimum Gasteiger partial charge on any atom is -0.475 e. The van der Waals surface area contributed by atoms with E-state index in [0.29, 0.717) is 23.4 Å². The van der Waals surface area contributed by atoms with E-state index in [1.165, 1.54) is 0 Å². The third kappa shape index (κ3) is 2.28. The number of aromatic nitrogens is 1. The maximum atomic E-state index is 11.0. The molecule has 0 saturated carbocycles. The summed E-state index contributed by atoms with van der Waals surface area (Å²) in [7, 11) is 0. The van der Waals surface area contributed by atoms with Crippen molar-refractivity contribution < 1.29 is 14.3 Å². The zero-order chi connectivity index (χ0) is 15.0. The van der Waals surface area contributed by atoms with Gasteiger partial charge in [-0.1, -0.05) is 6.07 Å². The molecule has 5 heteroatoms. The molecule has 21 heavy (non-hydrogen) atoms. The topological polar surface area (TPSA) is 79.2 Å². The van der Waals surface area contributed by atoms with Gasteiger partial charge in [0.25, 0.3) is 0 Å². The number of benzene rings is 1. The van der Waals surface area contributed by atoms with Crippen molar-refractivity contribution in [2.45, 2.75) is 13.5 Å². The average molecular weight is 280 g/mol. The second kappa shape index (κ2) is 4.84. The van der Waals surface area contributed by atoms with Crippen LogP contribution in [-0.2, 0) is 6.54 Å². The molecule has 0 aliphatic heterocycles. The minimum atomic E-state index is -1.07. The van der Waals surface area contributed by atoms with Gasteiger partial charge < -0.3 is 14.1 Å². The van der Waals surface area contributed by atoms with Crippen molar-refractivity contribution in [3.05, 3.63) is 59.2 Å². The van der Waals surface area contributed by atoms with Gasteiger partial charge in [-0.15, -0.1) is 0 Å². The third-order valence-corrected chi connectivity index (χ3v) is 3.39. The fourth-order valence-corrected chi connectivity index (χ4v) is 2.40. The summed E-state index contributed by atoms with van der Waals surface area (Å²) >= 11 is 0. The number of rotatable bonds is 3. The minimum absolute atomic E-state index is 0.0285. The molecule has 104 valence electrons. The molecule has 2 heterocycles. The summed E-state index contributed by atoms with van der Waals surface area (Å²) < 4.78 is 7.30. The Morgan fingerprint density at radius 1 is 1.38 bits per heavy atom. The molecule has 0 bridgehead atoms. The molecule has 0 unspecified atom stereocenters. The molecule has 0 atom stereocenters. The van der Waals surface area contributed by atoms with Gasteiger partial charge in [0.15, 0.2) is 0 Å². The number of furan rings is 1. The molecule has 0 aliphatic carbocycles. The van der Waals surface area contributed by atoms with E-state index < -0.39 is 5.97 Å². The number of carbonyl (C=O) groups is 1. The fourth-order valence-electron chi connectivity index (χ4n) is 2.40. The van der Waals surface area contributed by atoms with Gasteiger partial charge in [0.2, 0.25) is 5.76 Å². The number of carboxylic acid groups (broad SMARTS) is 1. The molecule has 1 N–H and O–H groups in total. The summed E-state index contributed by atoms with van der Waals surface area (Å²) in [5, 5.41) is 19.0. The van der Waals surface area contributed by atoms with Gasteiger partial charge in [-0.2, -0.15) is 5.26 Å². The van der Waals surface area contributed by atoms with Crippen molar-refractivity contribution in [3.8, 4) is 6.07 Å². The van der Waals surface area contributed by atoms with Gasteiger partial charge in [0, 0.05) is 17.3 Å². The Balaban J connectivity index is 2.00. The van der Waals surface area contributed by atoms with Crippen molar-refractivity contribution in [2.75, 3.05) is 0 Å². The molecular weight excluding hydrogens is 268 g/mol. The highest BCUT2D eigenvalue weighted by Gasteiger charge is 2.15. The number of fused-ring (bicyclic) bond motifs is 1. The lowest BCUT2D eigenvalue weighted by Gasteiger charge is -2.03. The van der Waals surface area contributed by atoms with Crippen molar-refractivity contribution >= 4 is 16.9 Å². The molecule has 0 fully saturated rings. The largest absolute Gasteiger partial charge is 0.475 e. The first kappa shape index (κ1) is 13.0. The van der Waals surface area contributed by atoms with Crippen molar-refractivity contribution in [1.29, 1.82) is 5.26 Å². The summed E-state index contributed by atoms with van der Waals surface area (Å²) in [6.07, 6.45) is 1.89. The highest BCUT2D eigenvalue weighted by Crippen LogP contribution is 2.21. The normalized spacial score (nSPS) is 10.7. The fraction of sp³-hybridized carbons (Fsp3) is 0.125. The molecule has 3 aromatic rings. The van der Waals surface area contributed by atoms with E-state index in [-0.39, 0.29) is 5.76 Å². The lowest BCUT2D eigenvalue weighted by molar-refractivity contribution is 0.0659. The Kier molecular flexibility index (Phi) is 2.99. The van der Waals surface area contributed by atoms with Gasteiger partial charge in [-0.25, -0.2) is 4.79 Å². The van der Waals surface area contributed by atoms with Crippen LogP contribution in [0.1, 0.15) is 27.4 Å². The Bertz CT molecular complexity index is 881. The van der Waals surface area contributed by atoms with Gasteiger partial charge in [-0.3, -0.25) is 0 Å². The SMILES string of the molecule is Cc1cc(Cn2ccc3ccc(C#N)cc32)oc1C(=O)O. The second-order valence-corrected chi connectivity index (χ2v) is 4.86. The number of hydrogen-bond donors (Lipinski definition) is 1. The lowest BCUT2D eigenvalue weighted by Crippen LogP contribution is -1.97. The number of aryl methyl sites for hydroxylation is 1. The predicted octanol–water partition coefficient (Wildman–Crippen LogP) is 3.16. The maximum absolute atomic E-state index is 11.0. The van der Waals surface area contributed by atoms with E-state index >= 15 is 0 Å². The number of nitriles is 1. The first-order chi connectivity index (χ1) is 10.1. The third-order valence-electron chi connectivity index (χ3n) is 3.39. The van der Waals surface area contributed by atoms with E-state index in [4.69, 9.17) is 14.8 Å². The standard InChI is InChI=1S/C16H12N2O3/c1-10-6-13(21-15(10)16(19)20)9-18-5-4-12-3-2-11(8-17)7-14(12)18/h2-7H,9H2,1H3,(H,19,20). The quantitative estimate of drug-likeness (QED) is 0.799. The molecule has 0 aliphatic rings. The van der Waals surface area contributed by atoms with E-state index in [2.05, 4.69) is 6.07 Å². The van der Waals surface area contributed by atoms with Crippen LogP contribution >= 0.6 is 0 Å². The van der Waals surface area contributed by atoms with E-state index in [9.17, 15) is 4.79 Å². The zero-order valence-corrected chi connectivity index (χ0v) is 11.3. The number of carboxylic acids is 1. The van der Waals surface area contributed by atoms with Crippen LogP contribution in [0.25, 0.3) is 10.9 Å². The highest BCUT2D eigenvalue weighted by molar-refractivity contribution is 5.86. The summed E-state index contributed by atoms with van der Waals surface area (Å²) in [5.41, 5.74) is 2.11. The van der Waals surface area contributed by atoms with Crippen molar-refractivity contribution in [2.24, 2.45) is 0 Å². The summed E-state index contributed by atoms with van der Waals surface area (Å²) in [5.74, 6) is -0.521. The molecule has 0 spiro atoms. The molecule has 0 saturated heterocycles. The Morgan fingerprint density at radius 2 is 2.19 bits per heavy atom. The first-order valence-electron chi connectivity index (χ1n) is 6.40. The molecule has 0 radical (unpaired) electrons. The second-order valence-electron chi connectivity index (χ2n) is 4.86. The van der Waals surface area contributed by atoms with Crippen molar-refractivity contribution in [1.82, 2.24) is 4.57 Å². The zero-order valence-electron chi connectivity index (χ0n) is 11.3. The molecule has 5 nitrogen and oxygen atoms in total. The van der Waals surface area contributed by atoms with Crippen LogP contribution in [0.3, 0.4) is 0 Å². The first-order valence-corrected chi connectivity index (χ1v) is 6.40. The lowest BCUT2D eigenvalue weighted by atomic mass is 10.2. The smallest absolute Gasteiger partial charge is 0.372 e. The van der Waals surface area contributed by atoms with Crippen molar-refractivity contribution in [3.63, 3.8) is 0 Å². The van der Waals surface area contributed by atoms with E-state index in [1.807, 2.05) is 29.0 Å². The predicted molar refractivity (Wildman–Crippen MR) is 76.2 cm³/mol. The molecule has 3 rings (SSSR count). The van der Waals surface area contributed by atoms with E-state index in [1.54, 1.807) is 19.1 Å². The van der Waals surface area contributed by atoms with Crippen LogP contribution in [0.15, 0.2) is 40.9 Å². The van der Waals surface area contributed by atoms with Crippen LogP contribution in [0.2, 0.25) is 0 Å². The Hall–Kier alpha value is -3.00. The summed E-state index contributed by atoms with van der Waals surface area (Å²) in [6, 6.07) is 11.3. The van der Waals surface area contributed by atoms with Crippen LogP contribution in [0.5, 0.6) is 0 Å².